The van der Waals surface area contributed by atoms with Gasteiger partial charge in [0.2, 0.25) is 0 Å². The van der Waals surface area contributed by atoms with Crippen LogP contribution in [0, 0.1) is 0 Å². The molecule has 0 saturated carbocycles. The van der Waals surface area contributed by atoms with Crippen LogP contribution in [-0.2, 0) is 0 Å². The van der Waals surface area contributed by atoms with Crippen molar-refractivity contribution in [2.45, 2.75) is 0 Å². The highest BCUT2D eigenvalue weighted by molar-refractivity contribution is 9.10. The largest absolute Gasteiger partial charge is 0.271 e. The molecule has 3 rings (SSSR count). The van der Waals surface area contributed by atoms with Crippen molar-refractivity contribution in [2.24, 2.45) is 5.10 Å². The summed E-state index contributed by atoms with van der Waals surface area (Å²) in [6.45, 7) is 0. The minimum atomic E-state index is -0.277. The summed E-state index contributed by atoms with van der Waals surface area (Å²) in [5.74, 6) is -0.277. The zero-order valence-corrected chi connectivity index (χ0v) is 14.3. The molecule has 118 valence electrons. The second kappa shape index (κ2) is 7.66. The summed E-state index contributed by atoms with van der Waals surface area (Å²) in [5.41, 5.74) is 5.32. The van der Waals surface area contributed by atoms with E-state index in [0.717, 1.165) is 10.0 Å². The summed E-state index contributed by atoms with van der Waals surface area (Å²) >= 11 is 3.36. The highest BCUT2D eigenvalue weighted by Gasteiger charge is 2.10. The molecule has 1 N–H and O–H groups in total. The first-order valence-electron chi connectivity index (χ1n) is 7.34. The van der Waals surface area contributed by atoms with Gasteiger partial charge in [-0.1, -0.05) is 58.4 Å². The molecular weight excluding hydrogens is 366 g/mol. The molecule has 0 unspecified atom stereocenters. The lowest BCUT2D eigenvalue weighted by molar-refractivity contribution is 0.0955. The van der Waals surface area contributed by atoms with Gasteiger partial charge in [0.15, 0.2) is 0 Å². The van der Waals surface area contributed by atoms with Gasteiger partial charge >= 0.3 is 0 Å². The molecule has 0 aliphatic carbocycles. The molecule has 1 aromatic heterocycles. The molecule has 0 radical (unpaired) electrons. The van der Waals surface area contributed by atoms with Crippen LogP contribution in [0.2, 0.25) is 0 Å². The number of aromatic nitrogens is 1. The number of carbonyl (C=O) groups is 1. The Balaban J connectivity index is 1.91. The van der Waals surface area contributed by atoms with Crippen LogP contribution >= 0.6 is 15.9 Å². The molecule has 0 fully saturated rings. The van der Waals surface area contributed by atoms with E-state index in [0.29, 0.717) is 17.0 Å². The second-order valence-corrected chi connectivity index (χ2v) is 5.91. The molecule has 0 aliphatic heterocycles. The number of pyridine rings is 1. The standard InChI is InChI=1S/C19H14BrN3O/c20-16-10-6-9-15(13-16)19(24)23-22-18(14-7-2-1-3-8-14)17-11-4-5-12-21-17/h1-13H,(H,23,24). The quantitative estimate of drug-likeness (QED) is 0.549. The minimum Gasteiger partial charge on any atom is -0.267 e. The van der Waals surface area contributed by atoms with E-state index in [2.05, 4.69) is 31.4 Å². The Labute approximate surface area is 148 Å². The Kier molecular flexibility index (Phi) is 5.13. The van der Waals surface area contributed by atoms with Gasteiger partial charge in [0, 0.05) is 21.8 Å². The summed E-state index contributed by atoms with van der Waals surface area (Å²) in [4.78, 5) is 16.6. The van der Waals surface area contributed by atoms with Crippen LogP contribution in [0.1, 0.15) is 21.6 Å². The summed E-state index contributed by atoms with van der Waals surface area (Å²) in [7, 11) is 0. The fourth-order valence-corrected chi connectivity index (χ4v) is 2.57. The van der Waals surface area contributed by atoms with Crippen molar-refractivity contribution in [3.05, 3.63) is 100 Å². The van der Waals surface area contributed by atoms with Gasteiger partial charge in [0.05, 0.1) is 5.69 Å². The topological polar surface area (TPSA) is 54.4 Å². The number of hydrogen-bond donors (Lipinski definition) is 1. The number of nitrogens with zero attached hydrogens (tertiary/aromatic N) is 2. The SMILES string of the molecule is O=C(NN=C(c1ccccc1)c1ccccn1)c1cccc(Br)c1. The Morgan fingerprint density at radius 3 is 2.38 bits per heavy atom. The van der Waals surface area contributed by atoms with Crippen LogP contribution in [0.4, 0.5) is 0 Å². The number of amides is 1. The molecule has 0 saturated heterocycles. The summed E-state index contributed by atoms with van der Waals surface area (Å²) in [6, 6.07) is 22.4. The van der Waals surface area contributed by atoms with Gasteiger partial charge in [-0.05, 0) is 30.3 Å². The maximum Gasteiger partial charge on any atom is 0.271 e. The van der Waals surface area contributed by atoms with Crippen molar-refractivity contribution >= 4 is 27.5 Å². The zero-order chi connectivity index (χ0) is 16.8. The molecule has 2 aromatic carbocycles. The van der Waals surface area contributed by atoms with Crippen LogP contribution in [0.25, 0.3) is 0 Å². The average molecular weight is 380 g/mol. The van der Waals surface area contributed by atoms with E-state index < -0.39 is 0 Å². The molecule has 1 heterocycles. The van der Waals surface area contributed by atoms with E-state index in [1.807, 2.05) is 54.6 Å². The highest BCUT2D eigenvalue weighted by atomic mass is 79.9. The van der Waals surface area contributed by atoms with Crippen LogP contribution in [0.5, 0.6) is 0 Å². The lowest BCUT2D eigenvalue weighted by Gasteiger charge is -2.07. The predicted molar refractivity (Wildman–Crippen MR) is 97.9 cm³/mol. The first kappa shape index (κ1) is 16.1. The number of halogens is 1. The maximum absolute atomic E-state index is 12.3. The van der Waals surface area contributed by atoms with Gasteiger partial charge in [-0.3, -0.25) is 9.78 Å². The summed E-state index contributed by atoms with van der Waals surface area (Å²) in [5, 5.41) is 4.31. The summed E-state index contributed by atoms with van der Waals surface area (Å²) in [6.07, 6.45) is 1.70. The average Bonchev–Trinajstić information content (AvgIpc) is 2.63. The van der Waals surface area contributed by atoms with Crippen LogP contribution in [0.15, 0.2) is 88.6 Å². The molecular formula is C19H14BrN3O. The Hall–Kier alpha value is -2.79. The van der Waals surface area contributed by atoms with Gasteiger partial charge in [-0.2, -0.15) is 5.10 Å². The third-order valence-corrected chi connectivity index (χ3v) is 3.80. The van der Waals surface area contributed by atoms with E-state index in [1.54, 1.807) is 24.4 Å². The van der Waals surface area contributed by atoms with Crippen molar-refractivity contribution in [3.63, 3.8) is 0 Å². The summed E-state index contributed by atoms with van der Waals surface area (Å²) < 4.78 is 0.840. The number of carbonyl (C=O) groups excluding carboxylic acids is 1. The number of hydrogen-bond acceptors (Lipinski definition) is 3. The van der Waals surface area contributed by atoms with Gasteiger partial charge in [0.1, 0.15) is 5.71 Å². The first-order valence-corrected chi connectivity index (χ1v) is 8.14. The number of nitrogens with one attached hydrogen (secondary N) is 1. The lowest BCUT2D eigenvalue weighted by Crippen LogP contribution is -2.21. The molecule has 4 nitrogen and oxygen atoms in total. The van der Waals surface area contributed by atoms with E-state index in [1.165, 1.54) is 0 Å². The first-order chi connectivity index (χ1) is 11.7. The van der Waals surface area contributed by atoms with E-state index in [-0.39, 0.29) is 5.91 Å². The number of hydrazone groups is 1. The van der Waals surface area contributed by atoms with Crippen molar-refractivity contribution in [3.8, 4) is 0 Å². The van der Waals surface area contributed by atoms with Gasteiger partial charge in [0.25, 0.3) is 5.91 Å². The Morgan fingerprint density at radius 2 is 1.67 bits per heavy atom. The van der Waals surface area contributed by atoms with Gasteiger partial charge < -0.3 is 0 Å². The predicted octanol–water partition coefficient (Wildman–Crippen LogP) is 4.03. The minimum absolute atomic E-state index is 0.277. The monoisotopic (exact) mass is 379 g/mol. The van der Waals surface area contributed by atoms with E-state index in [9.17, 15) is 4.79 Å². The Morgan fingerprint density at radius 1 is 0.917 bits per heavy atom. The third-order valence-electron chi connectivity index (χ3n) is 3.31. The molecule has 0 spiro atoms. The number of rotatable bonds is 4. The normalized spacial score (nSPS) is 11.1. The molecule has 24 heavy (non-hydrogen) atoms. The highest BCUT2D eigenvalue weighted by Crippen LogP contribution is 2.12. The maximum atomic E-state index is 12.3. The van der Waals surface area contributed by atoms with Gasteiger partial charge in [-0.25, -0.2) is 5.43 Å². The third kappa shape index (κ3) is 3.94. The van der Waals surface area contributed by atoms with Crippen LogP contribution in [0.3, 0.4) is 0 Å². The molecule has 0 atom stereocenters. The second-order valence-electron chi connectivity index (χ2n) is 4.99. The van der Waals surface area contributed by atoms with Crippen molar-refractivity contribution < 1.29 is 4.79 Å². The molecule has 0 bridgehead atoms. The fraction of sp³-hybridized carbons (Fsp3) is 0. The zero-order valence-electron chi connectivity index (χ0n) is 12.7. The molecule has 0 aliphatic rings. The Bertz CT molecular complexity index is 823. The van der Waals surface area contributed by atoms with Crippen molar-refractivity contribution in [1.29, 1.82) is 0 Å². The van der Waals surface area contributed by atoms with Crippen molar-refractivity contribution in [2.75, 3.05) is 0 Å². The van der Waals surface area contributed by atoms with E-state index in [4.69, 9.17) is 0 Å². The molecule has 3 aromatic rings. The smallest absolute Gasteiger partial charge is 0.267 e. The fourth-order valence-electron chi connectivity index (χ4n) is 2.17. The lowest BCUT2D eigenvalue weighted by atomic mass is 10.1. The van der Waals surface area contributed by atoms with Crippen molar-refractivity contribution in [1.82, 2.24) is 10.4 Å². The van der Waals surface area contributed by atoms with E-state index >= 15 is 0 Å². The molecule has 1 amide bonds. The van der Waals surface area contributed by atoms with Crippen LogP contribution in [-0.4, -0.2) is 16.6 Å². The van der Waals surface area contributed by atoms with Crippen LogP contribution < -0.4 is 5.43 Å². The number of benzene rings is 2. The molecule has 5 heteroatoms. The van der Waals surface area contributed by atoms with Gasteiger partial charge in [-0.15, -0.1) is 0 Å².